The van der Waals surface area contributed by atoms with Crippen molar-refractivity contribution in [3.05, 3.63) is 72.3 Å². The van der Waals surface area contributed by atoms with Crippen molar-refractivity contribution in [1.82, 2.24) is 0 Å². The molecule has 98 valence electrons. The number of benzene rings is 3. The molecule has 0 heterocycles. The lowest BCUT2D eigenvalue weighted by Gasteiger charge is -2.11. The molecule has 0 aliphatic heterocycles. The number of carbonyl (C=O) groups is 1. The third-order valence-corrected chi connectivity index (χ3v) is 3.21. The predicted octanol–water partition coefficient (Wildman–Crippen LogP) is 4.28. The van der Waals surface area contributed by atoms with Gasteiger partial charge in [-0.3, -0.25) is 0 Å². The van der Waals surface area contributed by atoms with E-state index < -0.39 is 5.97 Å². The molecule has 0 fully saturated rings. The minimum absolute atomic E-state index is 0.319. The van der Waals surface area contributed by atoms with Gasteiger partial charge in [-0.25, -0.2) is 4.79 Å². The van der Waals surface area contributed by atoms with Crippen LogP contribution in [0.5, 0.6) is 0 Å². The summed E-state index contributed by atoms with van der Waals surface area (Å²) in [6, 6.07) is 20.8. The Bertz CT molecular complexity index is 766. The topological polar surface area (TPSA) is 49.3 Å². The summed E-state index contributed by atoms with van der Waals surface area (Å²) in [5, 5.41) is 14.2. The van der Waals surface area contributed by atoms with E-state index in [9.17, 15) is 9.90 Å². The van der Waals surface area contributed by atoms with Crippen molar-refractivity contribution in [2.75, 3.05) is 5.32 Å². The molecular formula is C17H13NO2. The van der Waals surface area contributed by atoms with Crippen LogP contribution < -0.4 is 5.32 Å². The summed E-state index contributed by atoms with van der Waals surface area (Å²) in [5.41, 5.74) is 2.19. The van der Waals surface area contributed by atoms with Gasteiger partial charge in [0.1, 0.15) is 0 Å². The van der Waals surface area contributed by atoms with Crippen LogP contribution in [-0.2, 0) is 0 Å². The maximum atomic E-state index is 11.3. The first-order chi connectivity index (χ1) is 9.75. The zero-order chi connectivity index (χ0) is 13.9. The molecule has 0 saturated carbocycles. The molecule has 0 amide bonds. The Morgan fingerprint density at radius 3 is 2.15 bits per heavy atom. The summed E-state index contributed by atoms with van der Waals surface area (Å²) in [6.07, 6.45) is 0. The van der Waals surface area contributed by atoms with E-state index in [4.69, 9.17) is 0 Å². The number of anilines is 2. The average molecular weight is 263 g/mol. The fourth-order valence-electron chi connectivity index (χ4n) is 2.27. The third kappa shape index (κ3) is 2.21. The molecule has 0 spiro atoms. The molecule has 3 nitrogen and oxygen atoms in total. The first-order valence-corrected chi connectivity index (χ1v) is 6.33. The molecule has 0 bridgehead atoms. The predicted molar refractivity (Wildman–Crippen MR) is 80.6 cm³/mol. The number of nitrogens with one attached hydrogen (secondary N) is 1. The zero-order valence-corrected chi connectivity index (χ0v) is 10.7. The summed E-state index contributed by atoms with van der Waals surface area (Å²) >= 11 is 0. The number of carboxylic acid groups (broad SMARTS) is 1. The summed E-state index contributed by atoms with van der Waals surface area (Å²) in [7, 11) is 0. The molecule has 0 aromatic heterocycles. The number of aromatic carboxylic acids is 1. The van der Waals surface area contributed by atoms with Gasteiger partial charge in [0.05, 0.1) is 5.56 Å². The van der Waals surface area contributed by atoms with Gasteiger partial charge in [-0.05, 0) is 29.7 Å². The van der Waals surface area contributed by atoms with E-state index in [-0.39, 0.29) is 0 Å². The van der Waals surface area contributed by atoms with E-state index in [2.05, 4.69) is 5.32 Å². The van der Waals surface area contributed by atoms with Crippen LogP contribution in [0.2, 0.25) is 0 Å². The first kappa shape index (κ1) is 12.2. The Morgan fingerprint density at radius 2 is 1.45 bits per heavy atom. The molecule has 0 unspecified atom stereocenters. The molecule has 2 N–H and O–H groups in total. The Balaban J connectivity index is 2.13. The second-order valence-electron chi connectivity index (χ2n) is 4.50. The van der Waals surface area contributed by atoms with Gasteiger partial charge in [0.25, 0.3) is 0 Å². The van der Waals surface area contributed by atoms with E-state index in [1.165, 1.54) is 0 Å². The van der Waals surface area contributed by atoms with Crippen LogP contribution in [0.25, 0.3) is 10.8 Å². The van der Waals surface area contributed by atoms with E-state index in [0.717, 1.165) is 22.1 Å². The maximum absolute atomic E-state index is 11.3. The quantitative estimate of drug-likeness (QED) is 0.741. The Kier molecular flexibility index (Phi) is 3.09. The smallest absolute Gasteiger partial charge is 0.336 e. The lowest BCUT2D eigenvalue weighted by atomic mass is 10.0. The highest BCUT2D eigenvalue weighted by atomic mass is 16.4. The molecule has 0 radical (unpaired) electrons. The van der Waals surface area contributed by atoms with Gasteiger partial charge in [-0.1, -0.05) is 42.5 Å². The summed E-state index contributed by atoms with van der Waals surface area (Å²) in [5.74, 6) is -0.910. The van der Waals surface area contributed by atoms with Crippen molar-refractivity contribution in [1.29, 1.82) is 0 Å². The van der Waals surface area contributed by atoms with Crippen LogP contribution in [-0.4, -0.2) is 11.1 Å². The molecule has 0 saturated heterocycles. The molecule has 3 rings (SSSR count). The van der Waals surface area contributed by atoms with Crippen molar-refractivity contribution in [2.45, 2.75) is 0 Å². The fourth-order valence-corrected chi connectivity index (χ4v) is 2.27. The molecule has 3 aromatic rings. The molecule has 0 atom stereocenters. The van der Waals surface area contributed by atoms with Crippen LogP contribution in [0.15, 0.2) is 66.7 Å². The lowest BCUT2D eigenvalue weighted by Crippen LogP contribution is -1.99. The highest BCUT2D eigenvalue weighted by Gasteiger charge is 2.10. The zero-order valence-electron chi connectivity index (χ0n) is 10.7. The van der Waals surface area contributed by atoms with Crippen molar-refractivity contribution in [2.24, 2.45) is 0 Å². The monoisotopic (exact) mass is 263 g/mol. The lowest BCUT2D eigenvalue weighted by molar-refractivity contribution is 0.0699. The second kappa shape index (κ2) is 5.05. The standard InChI is InChI=1S/C17H13NO2/c19-17(20)15-10-11-16(14-9-5-4-8-13(14)15)18-12-6-2-1-3-7-12/h1-11,18H,(H,19,20). The van der Waals surface area contributed by atoms with Crippen molar-refractivity contribution < 1.29 is 9.90 Å². The largest absolute Gasteiger partial charge is 0.478 e. The van der Waals surface area contributed by atoms with E-state index in [0.29, 0.717) is 5.56 Å². The Labute approximate surface area is 116 Å². The molecule has 20 heavy (non-hydrogen) atoms. The van der Waals surface area contributed by atoms with Crippen LogP contribution in [0.1, 0.15) is 10.4 Å². The van der Waals surface area contributed by atoms with Gasteiger partial charge >= 0.3 is 5.97 Å². The van der Waals surface area contributed by atoms with Gasteiger partial charge < -0.3 is 10.4 Å². The van der Waals surface area contributed by atoms with Gasteiger partial charge in [-0.2, -0.15) is 0 Å². The SMILES string of the molecule is O=C(O)c1ccc(Nc2ccccc2)c2ccccc12. The number of fused-ring (bicyclic) bond motifs is 1. The second-order valence-corrected chi connectivity index (χ2v) is 4.50. The van der Waals surface area contributed by atoms with Crippen molar-refractivity contribution in [3.63, 3.8) is 0 Å². The van der Waals surface area contributed by atoms with Gasteiger partial charge in [0.15, 0.2) is 0 Å². The van der Waals surface area contributed by atoms with E-state index >= 15 is 0 Å². The van der Waals surface area contributed by atoms with Crippen molar-refractivity contribution >= 4 is 28.1 Å². The molecule has 3 aromatic carbocycles. The fraction of sp³-hybridized carbons (Fsp3) is 0. The Hall–Kier alpha value is -2.81. The maximum Gasteiger partial charge on any atom is 0.336 e. The van der Waals surface area contributed by atoms with Crippen LogP contribution in [0, 0.1) is 0 Å². The third-order valence-electron chi connectivity index (χ3n) is 3.21. The van der Waals surface area contributed by atoms with Gasteiger partial charge in [0, 0.05) is 16.8 Å². The highest BCUT2D eigenvalue weighted by Crippen LogP contribution is 2.29. The number of hydrogen-bond donors (Lipinski definition) is 2. The van der Waals surface area contributed by atoms with Crippen LogP contribution in [0.3, 0.4) is 0 Å². The number of hydrogen-bond acceptors (Lipinski definition) is 2. The molecule has 0 aliphatic carbocycles. The number of para-hydroxylation sites is 1. The Morgan fingerprint density at radius 1 is 0.800 bits per heavy atom. The minimum Gasteiger partial charge on any atom is -0.478 e. The van der Waals surface area contributed by atoms with Gasteiger partial charge in [-0.15, -0.1) is 0 Å². The normalized spacial score (nSPS) is 10.4. The van der Waals surface area contributed by atoms with Gasteiger partial charge in [0.2, 0.25) is 0 Å². The molecule has 0 aliphatic rings. The molecular weight excluding hydrogens is 250 g/mol. The summed E-state index contributed by atoms with van der Waals surface area (Å²) in [6.45, 7) is 0. The van der Waals surface area contributed by atoms with E-state index in [1.54, 1.807) is 12.1 Å². The minimum atomic E-state index is -0.910. The summed E-state index contributed by atoms with van der Waals surface area (Å²) < 4.78 is 0. The number of rotatable bonds is 3. The first-order valence-electron chi connectivity index (χ1n) is 6.33. The highest BCUT2D eigenvalue weighted by molar-refractivity contribution is 6.08. The average Bonchev–Trinajstić information content (AvgIpc) is 2.48. The van der Waals surface area contributed by atoms with Crippen LogP contribution in [0.4, 0.5) is 11.4 Å². The van der Waals surface area contributed by atoms with Crippen LogP contribution >= 0.6 is 0 Å². The van der Waals surface area contributed by atoms with E-state index in [1.807, 2.05) is 54.6 Å². The molecule has 3 heteroatoms. The summed E-state index contributed by atoms with van der Waals surface area (Å²) in [4.78, 5) is 11.3. The van der Waals surface area contributed by atoms with Crippen molar-refractivity contribution in [3.8, 4) is 0 Å². The number of carboxylic acids is 1.